The summed E-state index contributed by atoms with van der Waals surface area (Å²) in [5.74, 6) is -0.385. The summed E-state index contributed by atoms with van der Waals surface area (Å²) in [6.45, 7) is 17.6. The molecule has 2 amide bonds. The molecule has 0 saturated carbocycles. The first-order valence-electron chi connectivity index (χ1n) is 12.8. The van der Waals surface area contributed by atoms with Crippen molar-refractivity contribution in [2.75, 3.05) is 10.6 Å². The minimum absolute atomic E-state index is 0.0355. The van der Waals surface area contributed by atoms with Crippen molar-refractivity contribution in [2.24, 2.45) is 10.9 Å². The van der Waals surface area contributed by atoms with E-state index in [9.17, 15) is 22.8 Å². The molecule has 10 nitrogen and oxygen atoms in total. The Kier molecular flexibility index (Phi) is 14.9. The van der Waals surface area contributed by atoms with E-state index in [1.165, 1.54) is 10.7 Å². The summed E-state index contributed by atoms with van der Waals surface area (Å²) in [7, 11) is 0. The van der Waals surface area contributed by atoms with Gasteiger partial charge in [-0.3, -0.25) is 14.7 Å². The summed E-state index contributed by atoms with van der Waals surface area (Å²) in [4.78, 5) is 29.2. The Hall–Kier alpha value is -5.08. The van der Waals surface area contributed by atoms with Crippen LogP contribution < -0.4 is 26.2 Å². The predicted molar refractivity (Wildman–Crippen MR) is 170 cm³/mol. The number of nitrogens with two attached hydrogens (primary N) is 2. The van der Waals surface area contributed by atoms with E-state index in [1.807, 2.05) is 13.8 Å². The zero-order valence-corrected chi connectivity index (χ0v) is 25.3. The third-order valence-electron chi connectivity index (χ3n) is 5.01. The minimum Gasteiger partial charge on any atom is -0.438 e. The number of rotatable bonds is 7. The van der Waals surface area contributed by atoms with Crippen LogP contribution in [0.1, 0.15) is 36.7 Å². The molecule has 4 rings (SSSR count). The number of halogens is 3. The molecule has 2 heterocycles. The highest BCUT2D eigenvalue weighted by Gasteiger charge is 2.30. The lowest BCUT2D eigenvalue weighted by atomic mass is 10.1. The molecule has 2 aromatic carbocycles. The zero-order valence-electron chi connectivity index (χ0n) is 24.4. The van der Waals surface area contributed by atoms with E-state index in [0.29, 0.717) is 17.1 Å². The highest BCUT2D eigenvalue weighted by Crippen LogP contribution is 2.29. The van der Waals surface area contributed by atoms with Crippen LogP contribution in [0, 0.1) is 0 Å². The Balaban J connectivity index is 0.00000152. The summed E-state index contributed by atoms with van der Waals surface area (Å²) in [6.07, 6.45) is -3.07. The number of imidazole rings is 1. The molecule has 0 atom stereocenters. The van der Waals surface area contributed by atoms with Crippen LogP contribution in [-0.2, 0) is 11.0 Å². The van der Waals surface area contributed by atoms with E-state index in [4.69, 9.17) is 15.6 Å². The lowest BCUT2D eigenvalue weighted by Crippen LogP contribution is -2.17. The maximum atomic E-state index is 12.7. The monoisotopic (exact) mass is 629 g/mol. The fourth-order valence-corrected chi connectivity index (χ4v) is 3.59. The lowest BCUT2D eigenvalue weighted by molar-refractivity contribution is -0.137. The van der Waals surface area contributed by atoms with Gasteiger partial charge in [0.25, 0.3) is 11.8 Å². The van der Waals surface area contributed by atoms with Gasteiger partial charge in [-0.05, 0) is 61.3 Å². The highest BCUT2D eigenvalue weighted by molar-refractivity contribution is 8.01. The number of benzene rings is 2. The van der Waals surface area contributed by atoms with Gasteiger partial charge in [0.1, 0.15) is 10.7 Å². The van der Waals surface area contributed by atoms with Crippen molar-refractivity contribution in [1.29, 1.82) is 0 Å². The number of alkyl halides is 3. The van der Waals surface area contributed by atoms with Crippen LogP contribution in [0.25, 0.3) is 5.65 Å². The van der Waals surface area contributed by atoms with Gasteiger partial charge in [-0.15, -0.1) is 31.4 Å². The SMILES string of the molecule is C/C(N)=C(/SN)C(=O)Nc1cccc(Oc2ccc3nc(NC(=O)c4ccc(C(F)(F)F)cc4)cn3n2)c1.C=C.C=C.CC. The second kappa shape index (κ2) is 17.8. The van der Waals surface area contributed by atoms with Crippen LogP contribution in [0.3, 0.4) is 0 Å². The third-order valence-corrected chi connectivity index (χ3v) is 5.75. The third kappa shape index (κ3) is 10.3. The van der Waals surface area contributed by atoms with Crippen molar-refractivity contribution in [3.05, 3.63) is 115 Å². The van der Waals surface area contributed by atoms with Crippen LogP contribution in [0.2, 0.25) is 0 Å². The number of aromatic nitrogens is 3. The molecule has 0 saturated heterocycles. The fraction of sp³-hybridized carbons (Fsp3) is 0.133. The second-order valence-electron chi connectivity index (χ2n) is 7.84. The number of ether oxygens (including phenoxy) is 1. The molecule has 0 aliphatic heterocycles. The molecule has 0 aliphatic rings. The van der Waals surface area contributed by atoms with Gasteiger partial charge < -0.3 is 21.1 Å². The van der Waals surface area contributed by atoms with Gasteiger partial charge in [-0.25, -0.2) is 9.50 Å². The average Bonchev–Trinajstić information content (AvgIpc) is 3.41. The summed E-state index contributed by atoms with van der Waals surface area (Å²) in [5, 5.41) is 15.0. The highest BCUT2D eigenvalue weighted by atomic mass is 32.2. The van der Waals surface area contributed by atoms with E-state index in [1.54, 1.807) is 43.3 Å². The molecule has 6 N–H and O–H groups in total. The van der Waals surface area contributed by atoms with Crippen molar-refractivity contribution in [3.8, 4) is 11.6 Å². The van der Waals surface area contributed by atoms with E-state index >= 15 is 0 Å². The molecule has 4 aromatic rings. The minimum atomic E-state index is -4.49. The fourth-order valence-electron chi connectivity index (χ4n) is 3.25. The first-order valence-corrected chi connectivity index (χ1v) is 13.7. The Morgan fingerprint density at radius 2 is 1.61 bits per heavy atom. The number of carbonyl (C=O) groups excluding carboxylic acids is 2. The number of allylic oxidation sites excluding steroid dienone is 1. The van der Waals surface area contributed by atoms with Gasteiger partial charge >= 0.3 is 6.18 Å². The topological polar surface area (TPSA) is 150 Å². The average molecular weight is 630 g/mol. The molecular weight excluding hydrogens is 595 g/mol. The number of amides is 2. The first kappa shape index (κ1) is 36.9. The standard InChI is InChI=1S/C24H20F3N7O3S.C2H6.2C2H4/c1-13(28)21(38-29)23(36)30-16-3-2-4-17(11-16)37-20-10-9-19-31-18(12-34(19)33-20)32-22(35)14-5-7-15(8-6-14)24(25,26)27;3*1-2/h2-12H,28-29H2,1H3,(H,30,36)(H,32,35);1-2H3;2*1-2H2/b21-13-;;;. The van der Waals surface area contributed by atoms with Crippen LogP contribution in [0.4, 0.5) is 24.7 Å². The van der Waals surface area contributed by atoms with E-state index in [0.717, 1.165) is 36.2 Å². The number of carbonyl (C=O) groups is 2. The van der Waals surface area contributed by atoms with Gasteiger partial charge in [0.2, 0.25) is 5.88 Å². The van der Waals surface area contributed by atoms with E-state index in [-0.39, 0.29) is 27.9 Å². The number of hydrogen-bond donors (Lipinski definition) is 4. The maximum Gasteiger partial charge on any atom is 0.416 e. The summed E-state index contributed by atoms with van der Waals surface area (Å²) in [5.41, 5.74) is 5.97. The molecule has 14 heteroatoms. The quantitative estimate of drug-likeness (QED) is 0.0956. The Labute approximate surface area is 257 Å². The van der Waals surface area contributed by atoms with Gasteiger partial charge in [-0.2, -0.15) is 13.2 Å². The maximum absolute atomic E-state index is 12.7. The largest absolute Gasteiger partial charge is 0.438 e. The van der Waals surface area contributed by atoms with Crippen LogP contribution in [0.15, 0.2) is 104 Å². The molecule has 0 fully saturated rings. The van der Waals surface area contributed by atoms with E-state index < -0.39 is 23.6 Å². The molecule has 0 aliphatic carbocycles. The Bertz CT molecular complexity index is 1570. The molecule has 2 aromatic heterocycles. The van der Waals surface area contributed by atoms with Crippen LogP contribution in [-0.4, -0.2) is 26.4 Å². The number of hydrogen-bond acceptors (Lipinski definition) is 8. The molecule has 0 unspecified atom stereocenters. The summed E-state index contributed by atoms with van der Waals surface area (Å²) in [6, 6.07) is 13.5. The summed E-state index contributed by atoms with van der Waals surface area (Å²) >= 11 is 0.744. The van der Waals surface area contributed by atoms with Crippen LogP contribution >= 0.6 is 11.9 Å². The van der Waals surface area contributed by atoms with Crippen molar-refractivity contribution >= 4 is 40.9 Å². The van der Waals surface area contributed by atoms with Crippen molar-refractivity contribution < 1.29 is 27.5 Å². The lowest BCUT2D eigenvalue weighted by Gasteiger charge is -2.10. The molecule has 234 valence electrons. The number of nitrogens with zero attached hydrogens (tertiary/aromatic N) is 3. The van der Waals surface area contributed by atoms with Gasteiger partial charge in [0.05, 0.1) is 11.8 Å². The number of anilines is 2. The van der Waals surface area contributed by atoms with Crippen molar-refractivity contribution in [2.45, 2.75) is 26.9 Å². The first-order chi connectivity index (χ1) is 21.0. The van der Waals surface area contributed by atoms with Gasteiger partial charge in [0, 0.05) is 29.1 Å². The van der Waals surface area contributed by atoms with Crippen molar-refractivity contribution in [1.82, 2.24) is 14.6 Å². The molecular formula is C30H34F3N7O3S. The zero-order chi connectivity index (χ0) is 33.4. The Morgan fingerprint density at radius 1 is 0.977 bits per heavy atom. The molecule has 0 bridgehead atoms. The molecule has 0 radical (unpaired) electrons. The van der Waals surface area contributed by atoms with Crippen LogP contribution in [0.5, 0.6) is 11.6 Å². The smallest absolute Gasteiger partial charge is 0.416 e. The molecule has 44 heavy (non-hydrogen) atoms. The molecule has 0 spiro atoms. The normalized spacial score (nSPS) is 10.8. The Morgan fingerprint density at radius 3 is 2.18 bits per heavy atom. The summed E-state index contributed by atoms with van der Waals surface area (Å²) < 4.78 is 45.4. The van der Waals surface area contributed by atoms with Gasteiger partial charge in [0.15, 0.2) is 11.5 Å². The van der Waals surface area contributed by atoms with Gasteiger partial charge in [-0.1, -0.05) is 19.9 Å². The van der Waals surface area contributed by atoms with E-state index in [2.05, 4.69) is 47.0 Å². The second-order valence-corrected chi connectivity index (χ2v) is 8.49. The predicted octanol–water partition coefficient (Wildman–Crippen LogP) is 7.16. The van der Waals surface area contributed by atoms with Crippen molar-refractivity contribution in [3.63, 3.8) is 0 Å². The number of nitrogens with one attached hydrogen (secondary N) is 2. The number of fused-ring (bicyclic) bond motifs is 1.